The molecule has 104 valence electrons. The molecule has 1 rings (SSSR count). The van der Waals surface area contributed by atoms with Gasteiger partial charge in [0.1, 0.15) is 0 Å². The average Bonchev–Trinajstić information content (AvgIpc) is 2.42. The number of carboxylic acid groups (broad SMARTS) is 1. The van der Waals surface area contributed by atoms with E-state index in [1.165, 1.54) is 0 Å². The number of nitrogens with zero attached hydrogens (tertiary/aromatic N) is 1. The van der Waals surface area contributed by atoms with Crippen molar-refractivity contribution < 1.29 is 14.7 Å². The van der Waals surface area contributed by atoms with Gasteiger partial charge >= 0.3 is 12.0 Å². The van der Waals surface area contributed by atoms with E-state index in [1.807, 2.05) is 13.0 Å². The third kappa shape index (κ3) is 5.85. The number of hydrogen-bond acceptors (Lipinski definition) is 3. The minimum atomic E-state index is -0.883. The zero-order chi connectivity index (χ0) is 14.1. The van der Waals surface area contributed by atoms with Gasteiger partial charge in [0, 0.05) is 12.7 Å². The van der Waals surface area contributed by atoms with Crippen LogP contribution in [0.1, 0.15) is 25.5 Å². The van der Waals surface area contributed by atoms with Gasteiger partial charge in [-0.05, 0) is 18.6 Å². The van der Waals surface area contributed by atoms with E-state index in [9.17, 15) is 9.59 Å². The molecule has 19 heavy (non-hydrogen) atoms. The Kier molecular flexibility index (Phi) is 6.35. The van der Waals surface area contributed by atoms with Crippen LogP contribution in [0.5, 0.6) is 0 Å². The number of carbonyl (C=O) groups excluding carboxylic acids is 1. The lowest BCUT2D eigenvalue weighted by Crippen LogP contribution is -2.39. The molecule has 2 amide bonds. The highest BCUT2D eigenvalue weighted by molar-refractivity contribution is 5.75. The molecule has 6 nitrogen and oxygen atoms in total. The molecule has 0 saturated carbocycles. The summed E-state index contributed by atoms with van der Waals surface area (Å²) >= 11 is 0. The van der Waals surface area contributed by atoms with Gasteiger partial charge in [0.15, 0.2) is 0 Å². The van der Waals surface area contributed by atoms with Gasteiger partial charge in [0.05, 0.1) is 18.2 Å². The van der Waals surface area contributed by atoms with Crippen molar-refractivity contribution in [3.05, 3.63) is 30.1 Å². The highest BCUT2D eigenvalue weighted by Gasteiger charge is 2.16. The maximum absolute atomic E-state index is 11.5. The summed E-state index contributed by atoms with van der Waals surface area (Å²) < 4.78 is 0. The van der Waals surface area contributed by atoms with E-state index in [0.717, 1.165) is 12.1 Å². The van der Waals surface area contributed by atoms with Gasteiger partial charge in [-0.3, -0.25) is 9.78 Å². The Balaban J connectivity index is 2.29. The van der Waals surface area contributed by atoms with Crippen molar-refractivity contribution in [3.8, 4) is 0 Å². The predicted molar refractivity (Wildman–Crippen MR) is 70.5 cm³/mol. The monoisotopic (exact) mass is 265 g/mol. The summed E-state index contributed by atoms with van der Waals surface area (Å²) in [6, 6.07) is 5.06. The van der Waals surface area contributed by atoms with Gasteiger partial charge < -0.3 is 15.7 Å². The molecule has 0 aromatic carbocycles. The lowest BCUT2D eigenvalue weighted by Gasteiger charge is -2.12. The zero-order valence-electron chi connectivity index (χ0n) is 10.9. The van der Waals surface area contributed by atoms with Gasteiger partial charge in [0.2, 0.25) is 0 Å². The Morgan fingerprint density at radius 1 is 1.37 bits per heavy atom. The Morgan fingerprint density at radius 3 is 2.74 bits per heavy atom. The van der Waals surface area contributed by atoms with Crippen molar-refractivity contribution in [2.45, 2.75) is 26.3 Å². The topological polar surface area (TPSA) is 91.3 Å². The number of amides is 2. The molecule has 1 unspecified atom stereocenters. The number of aromatic nitrogens is 1. The van der Waals surface area contributed by atoms with Crippen LogP contribution in [0.2, 0.25) is 0 Å². The van der Waals surface area contributed by atoms with E-state index >= 15 is 0 Å². The Bertz CT molecular complexity index is 409. The van der Waals surface area contributed by atoms with Gasteiger partial charge in [-0.25, -0.2) is 4.79 Å². The van der Waals surface area contributed by atoms with Crippen LogP contribution in [-0.2, 0) is 11.3 Å². The summed E-state index contributed by atoms with van der Waals surface area (Å²) in [5, 5.41) is 14.1. The molecule has 0 aliphatic rings. The normalized spacial score (nSPS) is 11.6. The van der Waals surface area contributed by atoms with Crippen molar-refractivity contribution >= 4 is 12.0 Å². The summed E-state index contributed by atoms with van der Waals surface area (Å²) in [7, 11) is 0. The first-order valence-corrected chi connectivity index (χ1v) is 6.28. The molecule has 1 aromatic heterocycles. The SMILES string of the molecule is CCCC(CNC(=O)NCc1ccccn1)C(=O)O. The van der Waals surface area contributed by atoms with Crippen LogP contribution in [0.4, 0.5) is 4.79 Å². The number of rotatable bonds is 7. The first-order valence-electron chi connectivity index (χ1n) is 6.28. The molecule has 3 N–H and O–H groups in total. The molecule has 6 heteroatoms. The molecule has 1 heterocycles. The van der Waals surface area contributed by atoms with Crippen LogP contribution in [-0.4, -0.2) is 28.6 Å². The van der Waals surface area contributed by atoms with Crippen molar-refractivity contribution in [3.63, 3.8) is 0 Å². The minimum absolute atomic E-state index is 0.136. The fourth-order valence-electron chi connectivity index (χ4n) is 1.61. The molecular formula is C13H19N3O3. The van der Waals surface area contributed by atoms with E-state index in [0.29, 0.717) is 13.0 Å². The van der Waals surface area contributed by atoms with Crippen molar-refractivity contribution in [1.82, 2.24) is 15.6 Å². The van der Waals surface area contributed by atoms with E-state index in [-0.39, 0.29) is 12.6 Å². The Labute approximate surface area is 112 Å². The zero-order valence-corrected chi connectivity index (χ0v) is 10.9. The van der Waals surface area contributed by atoms with Crippen molar-refractivity contribution in [2.75, 3.05) is 6.54 Å². The lowest BCUT2D eigenvalue weighted by atomic mass is 10.0. The smallest absolute Gasteiger partial charge is 0.315 e. The molecule has 0 radical (unpaired) electrons. The molecule has 0 fully saturated rings. The molecule has 1 atom stereocenters. The highest BCUT2D eigenvalue weighted by Crippen LogP contribution is 2.04. The van der Waals surface area contributed by atoms with Crippen LogP contribution in [0, 0.1) is 5.92 Å². The summed E-state index contributed by atoms with van der Waals surface area (Å²) in [6.45, 7) is 2.37. The molecule has 0 spiro atoms. The number of hydrogen-bond donors (Lipinski definition) is 3. The van der Waals surface area contributed by atoms with E-state index in [4.69, 9.17) is 5.11 Å². The summed E-state index contributed by atoms with van der Waals surface area (Å²) in [4.78, 5) is 26.5. The number of aliphatic carboxylic acids is 1. The number of carbonyl (C=O) groups is 2. The maximum Gasteiger partial charge on any atom is 0.315 e. The third-order valence-electron chi connectivity index (χ3n) is 2.65. The molecule has 0 saturated heterocycles. The summed E-state index contributed by atoms with van der Waals surface area (Å²) in [5.41, 5.74) is 0.751. The Morgan fingerprint density at radius 2 is 2.16 bits per heavy atom. The second-order valence-corrected chi connectivity index (χ2v) is 4.21. The van der Waals surface area contributed by atoms with Crippen molar-refractivity contribution in [1.29, 1.82) is 0 Å². The minimum Gasteiger partial charge on any atom is -0.481 e. The van der Waals surface area contributed by atoms with E-state index in [1.54, 1.807) is 18.3 Å². The number of pyridine rings is 1. The maximum atomic E-state index is 11.5. The fourth-order valence-corrected chi connectivity index (χ4v) is 1.61. The van der Waals surface area contributed by atoms with Gasteiger partial charge in [-0.2, -0.15) is 0 Å². The second kappa shape index (κ2) is 8.07. The van der Waals surface area contributed by atoms with Crippen LogP contribution in [0.25, 0.3) is 0 Å². The largest absolute Gasteiger partial charge is 0.481 e. The lowest BCUT2D eigenvalue weighted by molar-refractivity contribution is -0.141. The molecule has 0 aliphatic heterocycles. The quantitative estimate of drug-likeness (QED) is 0.694. The first-order chi connectivity index (χ1) is 9.13. The van der Waals surface area contributed by atoms with Crippen LogP contribution < -0.4 is 10.6 Å². The number of urea groups is 1. The number of carboxylic acids is 1. The second-order valence-electron chi connectivity index (χ2n) is 4.21. The summed E-state index contributed by atoms with van der Waals surface area (Å²) in [6.07, 6.45) is 2.97. The standard InChI is InChI=1S/C13H19N3O3/c1-2-5-10(12(17)18)8-15-13(19)16-9-11-6-3-4-7-14-11/h3-4,6-7,10H,2,5,8-9H2,1H3,(H,17,18)(H2,15,16,19). The van der Waals surface area contributed by atoms with Crippen LogP contribution >= 0.6 is 0 Å². The number of nitrogens with one attached hydrogen (secondary N) is 2. The van der Waals surface area contributed by atoms with E-state index < -0.39 is 11.9 Å². The van der Waals surface area contributed by atoms with Gasteiger partial charge in [-0.15, -0.1) is 0 Å². The van der Waals surface area contributed by atoms with Crippen LogP contribution in [0.15, 0.2) is 24.4 Å². The molecular weight excluding hydrogens is 246 g/mol. The van der Waals surface area contributed by atoms with Crippen LogP contribution in [0.3, 0.4) is 0 Å². The molecule has 0 aliphatic carbocycles. The van der Waals surface area contributed by atoms with Gasteiger partial charge in [0.25, 0.3) is 0 Å². The van der Waals surface area contributed by atoms with Gasteiger partial charge in [-0.1, -0.05) is 19.4 Å². The highest BCUT2D eigenvalue weighted by atomic mass is 16.4. The first kappa shape index (κ1) is 14.9. The Hall–Kier alpha value is -2.11. The van der Waals surface area contributed by atoms with E-state index in [2.05, 4.69) is 15.6 Å². The predicted octanol–water partition coefficient (Wildman–Crippen LogP) is 1.38. The fraction of sp³-hybridized carbons (Fsp3) is 0.462. The molecule has 0 bridgehead atoms. The van der Waals surface area contributed by atoms with Crippen molar-refractivity contribution in [2.24, 2.45) is 5.92 Å². The molecule has 1 aromatic rings. The summed E-state index contributed by atoms with van der Waals surface area (Å²) in [5.74, 6) is -1.42. The third-order valence-corrected chi connectivity index (χ3v) is 2.65. The average molecular weight is 265 g/mol.